The Balaban J connectivity index is 1.71. The molecule has 0 radical (unpaired) electrons. The number of aromatic nitrogens is 2. The molecule has 1 aliphatic rings. The van der Waals surface area contributed by atoms with Gasteiger partial charge in [-0.1, -0.05) is 29.8 Å². The van der Waals surface area contributed by atoms with E-state index in [1.165, 1.54) is 4.90 Å². The van der Waals surface area contributed by atoms with Crippen molar-refractivity contribution in [1.29, 1.82) is 5.41 Å². The van der Waals surface area contributed by atoms with Crippen LogP contribution in [0.4, 0.5) is 8.78 Å². The molecule has 1 aromatic heterocycles. The molecule has 1 atom stereocenters. The fraction of sp³-hybridized carbons (Fsp3) is 0.316. The molecule has 2 heterocycles. The summed E-state index contributed by atoms with van der Waals surface area (Å²) in [6.45, 7) is -1.35. The highest BCUT2D eigenvalue weighted by molar-refractivity contribution is 7.89. The molecule has 32 heavy (non-hydrogen) atoms. The second-order valence-corrected chi connectivity index (χ2v) is 9.13. The van der Waals surface area contributed by atoms with Crippen molar-refractivity contribution in [2.45, 2.75) is 23.8 Å². The van der Waals surface area contributed by atoms with Crippen LogP contribution in [0.3, 0.4) is 0 Å². The zero-order valence-electron chi connectivity index (χ0n) is 16.6. The Morgan fingerprint density at radius 2 is 2.06 bits per heavy atom. The molecule has 1 aromatic carbocycles. The van der Waals surface area contributed by atoms with E-state index in [9.17, 15) is 27.1 Å². The van der Waals surface area contributed by atoms with Gasteiger partial charge in [-0.25, -0.2) is 17.2 Å². The van der Waals surface area contributed by atoms with Gasteiger partial charge in [0, 0.05) is 29.5 Å². The number of nitrogens with one attached hydrogen (secondary N) is 2. The van der Waals surface area contributed by atoms with Gasteiger partial charge in [0.2, 0.25) is 5.91 Å². The van der Waals surface area contributed by atoms with Crippen LogP contribution in [0.15, 0.2) is 53.3 Å². The number of carbonyl (C=O) groups excluding carboxylic acids is 1. The minimum atomic E-state index is -4.11. The molecule has 0 saturated carbocycles. The van der Waals surface area contributed by atoms with Crippen LogP contribution in [0.5, 0.6) is 0 Å². The van der Waals surface area contributed by atoms with Gasteiger partial charge in [-0.2, -0.15) is 5.10 Å². The predicted molar refractivity (Wildman–Crippen MR) is 112 cm³/mol. The summed E-state index contributed by atoms with van der Waals surface area (Å²) >= 11 is 6.13. The Bertz CT molecular complexity index is 1150. The average molecular weight is 488 g/mol. The number of hydrogen-bond acceptors (Lipinski definition) is 6. The largest absolute Gasteiger partial charge is 0.395 e. The topological polar surface area (TPSA) is 128 Å². The quantitative estimate of drug-likeness (QED) is 0.521. The van der Waals surface area contributed by atoms with E-state index in [2.05, 4.69) is 9.82 Å². The van der Waals surface area contributed by atoms with E-state index in [4.69, 9.17) is 17.0 Å². The molecular weight excluding hydrogens is 468 g/mol. The average Bonchev–Trinajstić information content (AvgIpc) is 3.35. The van der Waals surface area contributed by atoms with Gasteiger partial charge in [-0.05, 0) is 11.6 Å². The molecule has 2 aromatic rings. The molecule has 0 aliphatic carbocycles. The molecule has 172 valence electrons. The van der Waals surface area contributed by atoms with Crippen LogP contribution >= 0.6 is 11.6 Å². The summed E-state index contributed by atoms with van der Waals surface area (Å²) in [5, 5.41) is 21.7. The van der Waals surface area contributed by atoms with E-state index in [-0.39, 0.29) is 29.3 Å². The number of sulfonamides is 1. The van der Waals surface area contributed by atoms with Crippen molar-refractivity contribution in [3.8, 4) is 0 Å². The maximum absolute atomic E-state index is 12.9. The number of amides is 1. The van der Waals surface area contributed by atoms with Gasteiger partial charge in [0.15, 0.2) is 0 Å². The Labute approximate surface area is 187 Å². The first kappa shape index (κ1) is 23.8. The number of likely N-dealkylation sites (tertiary alicyclic amines) is 1. The maximum Gasteiger partial charge on any atom is 0.264 e. The minimum absolute atomic E-state index is 0.0188. The molecule has 0 unspecified atom stereocenters. The number of halogens is 3. The van der Waals surface area contributed by atoms with E-state index in [1.807, 2.05) is 0 Å². The maximum atomic E-state index is 12.9. The zero-order chi connectivity index (χ0) is 23.5. The Hall–Kier alpha value is -2.83. The number of carbonyl (C=O) groups is 1. The molecule has 3 rings (SSSR count). The van der Waals surface area contributed by atoms with Gasteiger partial charge in [-0.3, -0.25) is 14.2 Å². The molecule has 3 N–H and O–H groups in total. The summed E-state index contributed by atoms with van der Waals surface area (Å²) in [5.74, 6) is -1.38. The van der Waals surface area contributed by atoms with Crippen molar-refractivity contribution < 1.29 is 27.1 Å². The number of aliphatic hydroxyl groups is 1. The molecule has 0 bridgehead atoms. The third-order valence-corrected chi connectivity index (χ3v) is 6.41. The molecule has 1 amide bonds. The summed E-state index contributed by atoms with van der Waals surface area (Å²) in [4.78, 5) is 13.9. The molecule has 1 fully saturated rings. The highest BCUT2D eigenvalue weighted by Gasteiger charge is 2.32. The van der Waals surface area contributed by atoms with Crippen LogP contribution in [-0.2, 0) is 21.4 Å². The van der Waals surface area contributed by atoms with Gasteiger partial charge in [0.25, 0.3) is 16.4 Å². The molecular formula is C19H20ClF2N5O4S. The number of benzene rings is 1. The zero-order valence-corrected chi connectivity index (χ0v) is 18.2. The van der Waals surface area contributed by atoms with Crippen molar-refractivity contribution in [2.75, 3.05) is 19.7 Å². The summed E-state index contributed by atoms with van der Waals surface area (Å²) in [6, 6.07) is 6.61. The first-order valence-corrected chi connectivity index (χ1v) is 11.2. The number of nitrogens with zero attached hydrogens (tertiary/aromatic N) is 3. The Morgan fingerprint density at radius 1 is 1.34 bits per heavy atom. The summed E-state index contributed by atoms with van der Waals surface area (Å²) in [7, 11) is -4.11. The molecule has 1 saturated heterocycles. The number of aliphatic hydroxyl groups excluding tert-OH is 1. The van der Waals surface area contributed by atoms with Crippen LogP contribution in [-0.4, -0.2) is 65.9 Å². The normalized spacial score (nSPS) is 16.7. The van der Waals surface area contributed by atoms with Crippen LogP contribution in [0.1, 0.15) is 11.5 Å². The Morgan fingerprint density at radius 3 is 2.72 bits per heavy atom. The molecule has 13 heteroatoms. The lowest BCUT2D eigenvalue weighted by atomic mass is 9.98. The van der Waals surface area contributed by atoms with Gasteiger partial charge < -0.3 is 15.4 Å². The second-order valence-electron chi connectivity index (χ2n) is 7.01. The van der Waals surface area contributed by atoms with Gasteiger partial charge in [0.1, 0.15) is 11.4 Å². The highest BCUT2D eigenvalue weighted by Crippen LogP contribution is 2.27. The van der Waals surface area contributed by atoms with Crippen LogP contribution in [0, 0.1) is 5.41 Å². The number of rotatable bonds is 8. The first-order chi connectivity index (χ1) is 15.1. The van der Waals surface area contributed by atoms with E-state index >= 15 is 0 Å². The Kier molecular flexibility index (Phi) is 7.26. The second kappa shape index (κ2) is 9.76. The van der Waals surface area contributed by atoms with E-state index in [0.717, 1.165) is 23.3 Å². The van der Waals surface area contributed by atoms with E-state index in [1.54, 1.807) is 24.3 Å². The van der Waals surface area contributed by atoms with Crippen molar-refractivity contribution >= 4 is 33.2 Å². The summed E-state index contributed by atoms with van der Waals surface area (Å²) in [6.07, 6.45) is 0.308. The van der Waals surface area contributed by atoms with Crippen molar-refractivity contribution in [1.82, 2.24) is 19.4 Å². The van der Waals surface area contributed by atoms with Crippen LogP contribution in [0.2, 0.25) is 5.02 Å². The third-order valence-electron chi connectivity index (χ3n) is 4.80. The molecule has 9 nitrogen and oxygen atoms in total. The van der Waals surface area contributed by atoms with Gasteiger partial charge in [-0.15, -0.1) is 0 Å². The van der Waals surface area contributed by atoms with E-state index in [0.29, 0.717) is 10.6 Å². The molecule has 1 aliphatic heterocycles. The fourth-order valence-electron chi connectivity index (χ4n) is 3.17. The fourth-order valence-corrected chi connectivity index (χ4v) is 4.31. The van der Waals surface area contributed by atoms with Gasteiger partial charge in [0.05, 0.1) is 31.0 Å². The SMILES string of the molecule is N=C1CN(C(=O)[C@H](CO)c2ccccc2Cl)C/C1=C/NS(=O)(=O)c1cnn(CC(F)F)c1. The lowest BCUT2D eigenvalue weighted by molar-refractivity contribution is -0.132. The summed E-state index contributed by atoms with van der Waals surface area (Å²) in [5.41, 5.74) is 0.718. The lowest BCUT2D eigenvalue weighted by Gasteiger charge is -2.22. The monoisotopic (exact) mass is 487 g/mol. The molecule has 0 spiro atoms. The highest BCUT2D eigenvalue weighted by atomic mass is 35.5. The standard InChI is InChI=1S/C19H20ClF2N5O4S/c20-16-4-2-1-3-14(16)15(11-28)19(29)26-7-12(17(23)9-26)5-25-32(30,31)13-6-24-27(8-13)10-18(21)22/h1-6,8,15,18,23,25,28H,7,9-11H2/b12-5-,23-17?/t15-/m1/s1. The van der Waals surface area contributed by atoms with E-state index < -0.39 is 41.4 Å². The first-order valence-electron chi connectivity index (χ1n) is 9.36. The van der Waals surface area contributed by atoms with Crippen LogP contribution in [0.25, 0.3) is 0 Å². The van der Waals surface area contributed by atoms with Crippen LogP contribution < -0.4 is 4.72 Å². The predicted octanol–water partition coefficient (Wildman–Crippen LogP) is 1.60. The van der Waals surface area contributed by atoms with Gasteiger partial charge >= 0.3 is 0 Å². The number of hydrogen-bond donors (Lipinski definition) is 3. The smallest absolute Gasteiger partial charge is 0.264 e. The minimum Gasteiger partial charge on any atom is -0.395 e. The number of alkyl halides is 2. The van der Waals surface area contributed by atoms with Crippen molar-refractivity contribution in [3.63, 3.8) is 0 Å². The van der Waals surface area contributed by atoms with Crippen molar-refractivity contribution in [3.05, 3.63) is 59.0 Å². The van der Waals surface area contributed by atoms with Crippen molar-refractivity contribution in [2.24, 2.45) is 0 Å². The lowest BCUT2D eigenvalue weighted by Crippen LogP contribution is -2.35. The summed E-state index contributed by atoms with van der Waals surface area (Å²) < 4.78 is 52.6. The third kappa shape index (κ3) is 5.31.